The van der Waals surface area contributed by atoms with Crippen molar-refractivity contribution < 1.29 is 14.1 Å². The van der Waals surface area contributed by atoms with Crippen molar-refractivity contribution in [1.82, 2.24) is 20.4 Å². The third-order valence-electron chi connectivity index (χ3n) is 3.14. The Labute approximate surface area is 132 Å². The van der Waals surface area contributed by atoms with Crippen LogP contribution in [0.3, 0.4) is 0 Å². The normalized spacial score (nSPS) is 10.3. The highest BCUT2D eigenvalue weighted by molar-refractivity contribution is 5.91. The Morgan fingerprint density at radius 1 is 1.30 bits per heavy atom. The van der Waals surface area contributed by atoms with Gasteiger partial charge in [0, 0.05) is 24.0 Å². The highest BCUT2D eigenvalue weighted by atomic mass is 16.5. The molecular formula is C16H14N4O3. The smallest absolute Gasteiger partial charge is 0.271 e. The highest BCUT2D eigenvalue weighted by Gasteiger charge is 2.10. The molecule has 0 aliphatic heterocycles. The van der Waals surface area contributed by atoms with Crippen LogP contribution in [0.15, 0.2) is 53.4 Å². The van der Waals surface area contributed by atoms with Gasteiger partial charge in [-0.05, 0) is 12.1 Å². The lowest BCUT2D eigenvalue weighted by Gasteiger charge is -2.01. The number of benzene rings is 1. The molecule has 0 aliphatic carbocycles. The standard InChI is InChI=1S/C16H14N4O3/c1-22-13-4-2-3-11(7-13)15-8-12(20-23-15)9-19-16(21)14-10-17-5-6-18-14/h2-8,10H,9H2,1H3,(H,19,21). The second-order valence-corrected chi connectivity index (χ2v) is 4.69. The van der Waals surface area contributed by atoms with Crippen molar-refractivity contribution >= 4 is 5.91 Å². The number of methoxy groups -OCH3 is 1. The maximum Gasteiger partial charge on any atom is 0.271 e. The van der Waals surface area contributed by atoms with Gasteiger partial charge in [0.2, 0.25) is 0 Å². The number of hydrogen-bond acceptors (Lipinski definition) is 6. The molecule has 1 N–H and O–H groups in total. The minimum Gasteiger partial charge on any atom is -0.497 e. The Kier molecular flexibility index (Phi) is 4.28. The fraction of sp³-hybridized carbons (Fsp3) is 0.125. The SMILES string of the molecule is COc1cccc(-c2cc(CNC(=O)c3cnccn3)no2)c1. The molecule has 1 amide bonds. The largest absolute Gasteiger partial charge is 0.497 e. The Morgan fingerprint density at radius 3 is 3.00 bits per heavy atom. The van der Waals surface area contributed by atoms with Crippen molar-refractivity contribution in [1.29, 1.82) is 0 Å². The van der Waals surface area contributed by atoms with Crippen molar-refractivity contribution in [3.63, 3.8) is 0 Å². The van der Waals surface area contributed by atoms with Crippen LogP contribution in [0, 0.1) is 0 Å². The molecule has 0 aliphatic rings. The Hall–Kier alpha value is -3.22. The summed E-state index contributed by atoms with van der Waals surface area (Å²) in [7, 11) is 1.60. The molecule has 116 valence electrons. The van der Waals surface area contributed by atoms with Gasteiger partial charge in [-0.25, -0.2) is 4.98 Å². The number of nitrogens with zero attached hydrogens (tertiary/aromatic N) is 3. The molecule has 7 heteroatoms. The zero-order valence-electron chi connectivity index (χ0n) is 12.4. The molecule has 2 aromatic heterocycles. The van der Waals surface area contributed by atoms with E-state index in [9.17, 15) is 4.79 Å². The maximum absolute atomic E-state index is 11.9. The summed E-state index contributed by atoms with van der Waals surface area (Å²) >= 11 is 0. The van der Waals surface area contributed by atoms with Crippen molar-refractivity contribution in [2.75, 3.05) is 7.11 Å². The summed E-state index contributed by atoms with van der Waals surface area (Å²) in [6, 6.07) is 9.23. The summed E-state index contributed by atoms with van der Waals surface area (Å²) in [4.78, 5) is 19.7. The number of rotatable bonds is 5. The van der Waals surface area contributed by atoms with Gasteiger partial charge in [-0.3, -0.25) is 9.78 Å². The second kappa shape index (κ2) is 6.69. The van der Waals surface area contributed by atoms with E-state index in [0.29, 0.717) is 11.5 Å². The molecule has 0 atom stereocenters. The van der Waals surface area contributed by atoms with Crippen LogP contribution in [0.4, 0.5) is 0 Å². The molecule has 3 aromatic rings. The van der Waals surface area contributed by atoms with Crippen molar-refractivity contribution in [2.45, 2.75) is 6.54 Å². The predicted molar refractivity (Wildman–Crippen MR) is 81.7 cm³/mol. The van der Waals surface area contributed by atoms with E-state index >= 15 is 0 Å². The summed E-state index contributed by atoms with van der Waals surface area (Å²) < 4.78 is 10.5. The number of ether oxygens (including phenoxy) is 1. The third-order valence-corrected chi connectivity index (χ3v) is 3.14. The van der Waals surface area contributed by atoms with E-state index in [0.717, 1.165) is 11.3 Å². The summed E-state index contributed by atoms with van der Waals surface area (Å²) in [5, 5.41) is 6.66. The molecule has 2 heterocycles. The van der Waals surface area contributed by atoms with Gasteiger partial charge in [-0.1, -0.05) is 17.3 Å². The second-order valence-electron chi connectivity index (χ2n) is 4.69. The van der Waals surface area contributed by atoms with Crippen molar-refractivity contribution in [2.24, 2.45) is 0 Å². The van der Waals surface area contributed by atoms with Crippen LogP contribution < -0.4 is 10.1 Å². The number of carbonyl (C=O) groups excluding carboxylic acids is 1. The molecule has 0 saturated heterocycles. The lowest BCUT2D eigenvalue weighted by atomic mass is 10.1. The average Bonchev–Trinajstić information content (AvgIpc) is 3.09. The first-order valence-electron chi connectivity index (χ1n) is 6.90. The minimum atomic E-state index is -0.316. The maximum atomic E-state index is 11.9. The molecule has 0 spiro atoms. The van der Waals surface area contributed by atoms with E-state index < -0.39 is 0 Å². The van der Waals surface area contributed by atoms with E-state index in [1.807, 2.05) is 24.3 Å². The fourth-order valence-electron chi connectivity index (χ4n) is 1.99. The summed E-state index contributed by atoms with van der Waals surface area (Å²) in [5.41, 5.74) is 1.72. The number of carbonyl (C=O) groups is 1. The van der Waals surface area contributed by atoms with Crippen LogP contribution >= 0.6 is 0 Å². The Bertz CT molecular complexity index is 802. The molecule has 23 heavy (non-hydrogen) atoms. The quantitative estimate of drug-likeness (QED) is 0.776. The van der Waals surface area contributed by atoms with Gasteiger partial charge < -0.3 is 14.6 Å². The number of nitrogens with one attached hydrogen (secondary N) is 1. The van der Waals surface area contributed by atoms with Crippen LogP contribution in [-0.2, 0) is 6.54 Å². The third kappa shape index (κ3) is 3.52. The first-order valence-corrected chi connectivity index (χ1v) is 6.90. The molecule has 1 aromatic carbocycles. The summed E-state index contributed by atoms with van der Waals surface area (Å²) in [6.45, 7) is 0.239. The van der Waals surface area contributed by atoms with Gasteiger partial charge in [0.25, 0.3) is 5.91 Å². The number of hydrogen-bond donors (Lipinski definition) is 1. The number of aromatic nitrogens is 3. The van der Waals surface area contributed by atoms with E-state index in [1.165, 1.54) is 18.6 Å². The molecular weight excluding hydrogens is 296 g/mol. The van der Waals surface area contributed by atoms with Crippen LogP contribution in [0.25, 0.3) is 11.3 Å². The van der Waals surface area contributed by atoms with Gasteiger partial charge in [-0.15, -0.1) is 0 Å². The van der Waals surface area contributed by atoms with Crippen LogP contribution in [0.2, 0.25) is 0 Å². The fourth-order valence-corrected chi connectivity index (χ4v) is 1.99. The number of amides is 1. The van der Waals surface area contributed by atoms with Crippen LogP contribution in [-0.4, -0.2) is 28.1 Å². The van der Waals surface area contributed by atoms with Crippen molar-refractivity contribution in [3.8, 4) is 17.1 Å². The molecule has 0 saturated carbocycles. The Morgan fingerprint density at radius 2 is 2.22 bits per heavy atom. The van der Waals surface area contributed by atoms with Gasteiger partial charge in [-0.2, -0.15) is 0 Å². The van der Waals surface area contributed by atoms with Gasteiger partial charge in [0.05, 0.1) is 19.9 Å². The Balaban J connectivity index is 1.66. The molecule has 7 nitrogen and oxygen atoms in total. The lowest BCUT2D eigenvalue weighted by molar-refractivity contribution is 0.0944. The average molecular weight is 310 g/mol. The van der Waals surface area contributed by atoms with E-state index in [1.54, 1.807) is 13.2 Å². The molecule has 3 rings (SSSR count). The topological polar surface area (TPSA) is 90.1 Å². The lowest BCUT2D eigenvalue weighted by Crippen LogP contribution is -2.23. The van der Waals surface area contributed by atoms with Gasteiger partial charge >= 0.3 is 0 Å². The highest BCUT2D eigenvalue weighted by Crippen LogP contribution is 2.24. The van der Waals surface area contributed by atoms with E-state index in [2.05, 4.69) is 20.4 Å². The zero-order chi connectivity index (χ0) is 16.1. The molecule has 0 radical (unpaired) electrons. The van der Waals surface area contributed by atoms with Crippen LogP contribution in [0.1, 0.15) is 16.2 Å². The molecule has 0 unspecified atom stereocenters. The van der Waals surface area contributed by atoms with Crippen LogP contribution in [0.5, 0.6) is 5.75 Å². The van der Waals surface area contributed by atoms with Gasteiger partial charge in [0.1, 0.15) is 17.1 Å². The van der Waals surface area contributed by atoms with Crippen molar-refractivity contribution in [3.05, 3.63) is 60.3 Å². The zero-order valence-corrected chi connectivity index (χ0v) is 12.4. The van der Waals surface area contributed by atoms with E-state index in [-0.39, 0.29) is 18.1 Å². The summed E-state index contributed by atoms with van der Waals surface area (Å²) in [6.07, 6.45) is 4.38. The molecule has 0 bridgehead atoms. The van der Waals surface area contributed by atoms with Gasteiger partial charge in [0.15, 0.2) is 5.76 Å². The monoisotopic (exact) mass is 310 g/mol. The predicted octanol–water partition coefficient (Wildman–Crippen LogP) is 2.07. The first-order chi connectivity index (χ1) is 11.3. The summed E-state index contributed by atoms with van der Waals surface area (Å²) in [5.74, 6) is 1.02. The first kappa shape index (κ1) is 14.7. The minimum absolute atomic E-state index is 0.239. The molecule has 0 fully saturated rings. The van der Waals surface area contributed by atoms with E-state index in [4.69, 9.17) is 9.26 Å².